The highest BCUT2D eigenvalue weighted by atomic mass is 35.5. The van der Waals surface area contributed by atoms with E-state index in [9.17, 15) is 21.6 Å². The van der Waals surface area contributed by atoms with Crippen LogP contribution in [-0.2, 0) is 30.4 Å². The Morgan fingerprint density at radius 3 is 2.11 bits per heavy atom. The molecule has 0 saturated carbocycles. The van der Waals surface area contributed by atoms with E-state index in [0.717, 1.165) is 0 Å². The third-order valence-corrected chi connectivity index (χ3v) is 6.72. The lowest BCUT2D eigenvalue weighted by molar-refractivity contribution is -0.113. The second-order valence-corrected chi connectivity index (χ2v) is 10.0. The number of benzene rings is 2. The van der Waals surface area contributed by atoms with Crippen molar-refractivity contribution in [3.63, 3.8) is 0 Å². The molecule has 0 unspecified atom stereocenters. The Kier molecular flexibility index (Phi) is 6.99. The molecule has 0 atom stereocenters. The third kappa shape index (κ3) is 6.62. The lowest BCUT2D eigenvalue weighted by Gasteiger charge is -2.08. The zero-order valence-corrected chi connectivity index (χ0v) is 16.9. The first kappa shape index (κ1) is 21.4. The number of hydrogen-bond acceptors (Lipinski definition) is 5. The van der Waals surface area contributed by atoms with E-state index in [1.54, 1.807) is 31.2 Å². The first-order valence-electron chi connectivity index (χ1n) is 7.96. The maximum atomic E-state index is 12.2. The molecule has 2 aromatic carbocycles. The molecule has 146 valence electrons. The van der Waals surface area contributed by atoms with Crippen LogP contribution >= 0.6 is 11.6 Å². The Balaban J connectivity index is 1.99. The van der Waals surface area contributed by atoms with Gasteiger partial charge in [-0.2, -0.15) is 0 Å². The summed E-state index contributed by atoms with van der Waals surface area (Å²) in [5.74, 6) is -1.67. The van der Waals surface area contributed by atoms with Gasteiger partial charge in [0.15, 0.2) is 9.84 Å². The number of carbonyl (C=O) groups is 1. The molecule has 1 amide bonds. The van der Waals surface area contributed by atoms with E-state index < -0.39 is 31.5 Å². The summed E-state index contributed by atoms with van der Waals surface area (Å²) in [6.45, 7) is 1.92. The first-order chi connectivity index (χ1) is 12.6. The standard InChI is InChI=1S/C17H19ClN2O5S2/c1-2-19-27(24,25)16-9-7-15(8-10-16)20-17(21)12-26(22,23)11-13-3-5-14(18)6-4-13/h3-10,19H,2,11-12H2,1H3,(H,20,21). The average Bonchev–Trinajstić information content (AvgIpc) is 2.56. The minimum Gasteiger partial charge on any atom is -0.325 e. The van der Waals surface area contributed by atoms with Crippen LogP contribution in [0, 0.1) is 0 Å². The molecule has 2 N–H and O–H groups in total. The van der Waals surface area contributed by atoms with Crippen molar-refractivity contribution in [1.82, 2.24) is 4.72 Å². The summed E-state index contributed by atoms with van der Waals surface area (Å²) in [4.78, 5) is 12.1. The van der Waals surface area contributed by atoms with Crippen molar-refractivity contribution >= 4 is 43.1 Å². The molecule has 2 aromatic rings. The van der Waals surface area contributed by atoms with E-state index in [-0.39, 0.29) is 17.2 Å². The smallest absolute Gasteiger partial charge is 0.240 e. The molecule has 0 bridgehead atoms. The van der Waals surface area contributed by atoms with Crippen molar-refractivity contribution in [2.24, 2.45) is 0 Å². The molecule has 0 aliphatic carbocycles. The summed E-state index contributed by atoms with van der Waals surface area (Å²) in [6.07, 6.45) is 0. The van der Waals surface area contributed by atoms with Gasteiger partial charge in [-0.15, -0.1) is 0 Å². The van der Waals surface area contributed by atoms with Gasteiger partial charge in [-0.3, -0.25) is 4.79 Å². The van der Waals surface area contributed by atoms with Crippen molar-refractivity contribution in [3.05, 3.63) is 59.1 Å². The molecule has 0 radical (unpaired) electrons. The number of sulfonamides is 1. The highest BCUT2D eigenvalue weighted by molar-refractivity contribution is 7.91. The van der Waals surface area contributed by atoms with Gasteiger partial charge in [0.05, 0.1) is 10.6 Å². The van der Waals surface area contributed by atoms with Crippen LogP contribution in [0.3, 0.4) is 0 Å². The van der Waals surface area contributed by atoms with Gasteiger partial charge in [-0.25, -0.2) is 21.6 Å². The Morgan fingerprint density at radius 2 is 1.56 bits per heavy atom. The molecule has 0 aliphatic rings. The zero-order chi connectivity index (χ0) is 20.1. The van der Waals surface area contributed by atoms with Gasteiger partial charge < -0.3 is 5.32 Å². The Labute approximate surface area is 163 Å². The number of hydrogen-bond donors (Lipinski definition) is 2. The fourth-order valence-electron chi connectivity index (χ4n) is 2.27. The molecule has 7 nitrogen and oxygen atoms in total. The molecule has 0 aliphatic heterocycles. The zero-order valence-electron chi connectivity index (χ0n) is 14.5. The van der Waals surface area contributed by atoms with Crippen molar-refractivity contribution < 1.29 is 21.6 Å². The summed E-state index contributed by atoms with van der Waals surface area (Å²) in [5, 5.41) is 2.94. The van der Waals surface area contributed by atoms with Crippen molar-refractivity contribution in [2.45, 2.75) is 17.6 Å². The summed E-state index contributed by atoms with van der Waals surface area (Å²) < 4.78 is 50.4. The van der Waals surface area contributed by atoms with Gasteiger partial charge in [-0.05, 0) is 42.0 Å². The summed E-state index contributed by atoms with van der Waals surface area (Å²) in [6, 6.07) is 11.8. The molecule has 2 rings (SSSR count). The maximum Gasteiger partial charge on any atom is 0.240 e. The minimum absolute atomic E-state index is 0.0534. The monoisotopic (exact) mass is 430 g/mol. The lowest BCUT2D eigenvalue weighted by atomic mass is 10.2. The SMILES string of the molecule is CCNS(=O)(=O)c1ccc(NC(=O)CS(=O)(=O)Cc2ccc(Cl)cc2)cc1. The molecular weight excluding hydrogens is 412 g/mol. The van der Waals surface area contributed by atoms with Crippen LogP contribution in [-0.4, -0.2) is 35.0 Å². The number of amides is 1. The third-order valence-electron chi connectivity index (χ3n) is 3.43. The lowest BCUT2D eigenvalue weighted by Crippen LogP contribution is -2.24. The Bertz CT molecular complexity index is 1000. The van der Waals surface area contributed by atoms with Crippen molar-refractivity contribution in [2.75, 3.05) is 17.6 Å². The van der Waals surface area contributed by atoms with Gasteiger partial charge in [0, 0.05) is 17.3 Å². The second kappa shape index (κ2) is 8.83. The van der Waals surface area contributed by atoms with E-state index in [2.05, 4.69) is 10.0 Å². The second-order valence-electron chi connectivity index (χ2n) is 5.73. The normalized spacial score (nSPS) is 11.9. The molecule has 0 fully saturated rings. The number of halogens is 1. The van der Waals surface area contributed by atoms with Crippen LogP contribution in [0.1, 0.15) is 12.5 Å². The number of nitrogens with one attached hydrogen (secondary N) is 2. The first-order valence-corrected chi connectivity index (χ1v) is 11.6. The van der Waals surface area contributed by atoms with Crippen LogP contribution in [0.4, 0.5) is 5.69 Å². The van der Waals surface area contributed by atoms with E-state index >= 15 is 0 Å². The maximum absolute atomic E-state index is 12.2. The van der Waals surface area contributed by atoms with Crippen LogP contribution in [0.5, 0.6) is 0 Å². The van der Waals surface area contributed by atoms with E-state index in [0.29, 0.717) is 16.3 Å². The molecule has 0 heterocycles. The largest absolute Gasteiger partial charge is 0.325 e. The van der Waals surface area contributed by atoms with E-state index in [4.69, 9.17) is 11.6 Å². The average molecular weight is 431 g/mol. The van der Waals surface area contributed by atoms with Crippen LogP contribution in [0.25, 0.3) is 0 Å². The molecule has 27 heavy (non-hydrogen) atoms. The Morgan fingerprint density at radius 1 is 0.963 bits per heavy atom. The van der Waals surface area contributed by atoms with Crippen LogP contribution in [0.2, 0.25) is 5.02 Å². The predicted molar refractivity (Wildman–Crippen MR) is 105 cm³/mol. The molecule has 10 heteroatoms. The van der Waals surface area contributed by atoms with Crippen molar-refractivity contribution in [1.29, 1.82) is 0 Å². The fourth-order valence-corrected chi connectivity index (χ4v) is 4.71. The highest BCUT2D eigenvalue weighted by Gasteiger charge is 2.18. The number of rotatable bonds is 8. The number of sulfone groups is 1. The Hall–Kier alpha value is -1.94. The van der Waals surface area contributed by atoms with Crippen LogP contribution in [0.15, 0.2) is 53.4 Å². The predicted octanol–water partition coefficient (Wildman–Crippen LogP) is 2.19. The van der Waals surface area contributed by atoms with Gasteiger partial charge in [0.2, 0.25) is 15.9 Å². The topological polar surface area (TPSA) is 109 Å². The quantitative estimate of drug-likeness (QED) is 0.667. The van der Waals surface area contributed by atoms with Gasteiger partial charge in [0.25, 0.3) is 0 Å². The van der Waals surface area contributed by atoms with E-state index in [1.165, 1.54) is 24.3 Å². The molecule has 0 saturated heterocycles. The van der Waals surface area contributed by atoms with Gasteiger partial charge in [0.1, 0.15) is 5.75 Å². The number of anilines is 1. The fraction of sp³-hybridized carbons (Fsp3) is 0.235. The summed E-state index contributed by atoms with van der Waals surface area (Å²) in [5.41, 5.74) is 0.835. The van der Waals surface area contributed by atoms with Crippen LogP contribution < -0.4 is 10.0 Å². The van der Waals surface area contributed by atoms with E-state index in [1.807, 2.05) is 0 Å². The molecule has 0 spiro atoms. The van der Waals surface area contributed by atoms with Gasteiger partial charge in [-0.1, -0.05) is 30.7 Å². The number of carbonyl (C=O) groups excluding carboxylic acids is 1. The van der Waals surface area contributed by atoms with Gasteiger partial charge >= 0.3 is 0 Å². The molecular formula is C17H19ClN2O5S2. The summed E-state index contributed by atoms with van der Waals surface area (Å²) >= 11 is 5.76. The minimum atomic E-state index is -3.67. The highest BCUT2D eigenvalue weighted by Crippen LogP contribution is 2.15. The van der Waals surface area contributed by atoms with Crippen molar-refractivity contribution in [3.8, 4) is 0 Å². The summed E-state index contributed by atoms with van der Waals surface area (Å²) in [7, 11) is -7.26. The molecule has 0 aromatic heterocycles.